The molecule has 1 saturated heterocycles. The number of rotatable bonds is 7. The number of hydrogen-bond donors (Lipinski definition) is 3. The molecule has 0 aromatic rings. The average molecular weight is 307 g/mol. The van der Waals surface area contributed by atoms with Crippen molar-refractivity contribution >= 4 is 22.1 Å². The summed E-state index contributed by atoms with van der Waals surface area (Å²) in [5.74, 6) is -1.52. The average Bonchev–Trinajstić information content (AvgIpc) is 2.34. The minimum Gasteiger partial charge on any atom is -0.480 e. The molecule has 1 atom stereocenters. The van der Waals surface area contributed by atoms with Crippen LogP contribution in [0.15, 0.2) is 0 Å². The van der Waals surface area contributed by atoms with E-state index in [2.05, 4.69) is 4.72 Å². The summed E-state index contributed by atoms with van der Waals surface area (Å²) in [6.07, 6.45) is 1.16. The summed E-state index contributed by atoms with van der Waals surface area (Å²) in [6.45, 7) is 2.79. The van der Waals surface area contributed by atoms with Gasteiger partial charge in [0.25, 0.3) is 10.2 Å². The highest BCUT2D eigenvalue weighted by Gasteiger charge is 2.31. The van der Waals surface area contributed by atoms with Crippen LogP contribution in [0.5, 0.6) is 0 Å². The van der Waals surface area contributed by atoms with Crippen LogP contribution in [-0.4, -0.2) is 48.8 Å². The molecule has 1 aliphatic heterocycles. The maximum absolute atomic E-state index is 12.1. The second kappa shape index (κ2) is 7.00. The summed E-state index contributed by atoms with van der Waals surface area (Å²) in [5, 5.41) is 8.99. The Bertz CT molecular complexity index is 457. The fraction of sp³-hybridized carbons (Fsp3) is 0.818. The number of nitrogens with two attached hydrogens (primary N) is 1. The van der Waals surface area contributed by atoms with Gasteiger partial charge in [-0.1, -0.05) is 6.92 Å². The Morgan fingerprint density at radius 3 is 2.40 bits per heavy atom. The molecule has 8 nitrogen and oxygen atoms in total. The summed E-state index contributed by atoms with van der Waals surface area (Å²) in [7, 11) is -3.85. The van der Waals surface area contributed by atoms with E-state index in [9.17, 15) is 18.0 Å². The number of primary amides is 1. The summed E-state index contributed by atoms with van der Waals surface area (Å²) >= 11 is 0. The molecule has 0 aromatic heterocycles. The Morgan fingerprint density at radius 1 is 1.40 bits per heavy atom. The molecule has 9 heteroatoms. The van der Waals surface area contributed by atoms with E-state index in [0.717, 1.165) is 12.8 Å². The molecule has 0 bridgehead atoms. The van der Waals surface area contributed by atoms with Crippen molar-refractivity contribution in [2.75, 3.05) is 13.1 Å². The molecule has 1 fully saturated rings. The van der Waals surface area contributed by atoms with Crippen LogP contribution in [0.2, 0.25) is 0 Å². The van der Waals surface area contributed by atoms with Crippen molar-refractivity contribution in [3.8, 4) is 0 Å². The van der Waals surface area contributed by atoms with Crippen molar-refractivity contribution in [3.05, 3.63) is 0 Å². The highest BCUT2D eigenvalue weighted by Crippen LogP contribution is 2.18. The fourth-order valence-electron chi connectivity index (χ4n) is 2.00. The van der Waals surface area contributed by atoms with Gasteiger partial charge in [-0.15, -0.1) is 0 Å². The van der Waals surface area contributed by atoms with Crippen LogP contribution in [0.3, 0.4) is 0 Å². The zero-order chi connectivity index (χ0) is 15.3. The van der Waals surface area contributed by atoms with Gasteiger partial charge < -0.3 is 10.8 Å². The highest BCUT2D eigenvalue weighted by molar-refractivity contribution is 7.87. The lowest BCUT2D eigenvalue weighted by molar-refractivity contribution is -0.139. The quantitative estimate of drug-likeness (QED) is 0.571. The molecule has 0 aliphatic carbocycles. The van der Waals surface area contributed by atoms with E-state index in [-0.39, 0.29) is 12.8 Å². The Hall–Kier alpha value is -1.19. The first-order chi connectivity index (χ1) is 9.22. The van der Waals surface area contributed by atoms with E-state index in [1.165, 1.54) is 4.31 Å². The van der Waals surface area contributed by atoms with Gasteiger partial charge in [-0.05, 0) is 25.2 Å². The van der Waals surface area contributed by atoms with Gasteiger partial charge in [0.2, 0.25) is 5.91 Å². The topological polar surface area (TPSA) is 130 Å². The maximum atomic E-state index is 12.1. The third-order valence-electron chi connectivity index (χ3n) is 3.35. The van der Waals surface area contributed by atoms with Crippen LogP contribution in [-0.2, 0) is 19.8 Å². The Labute approximate surface area is 118 Å². The Balaban J connectivity index is 2.66. The molecule has 1 unspecified atom stereocenters. The lowest BCUT2D eigenvalue weighted by atomic mass is 10.0. The van der Waals surface area contributed by atoms with Gasteiger partial charge >= 0.3 is 5.97 Å². The number of carbonyl (C=O) groups is 2. The van der Waals surface area contributed by atoms with Gasteiger partial charge in [-0.2, -0.15) is 17.4 Å². The largest absolute Gasteiger partial charge is 0.480 e. The minimum absolute atomic E-state index is 0.159. The number of nitrogens with zero attached hydrogens (tertiary/aromatic N) is 1. The van der Waals surface area contributed by atoms with Crippen molar-refractivity contribution in [3.63, 3.8) is 0 Å². The molecule has 1 amide bonds. The molecule has 0 spiro atoms. The van der Waals surface area contributed by atoms with Crippen LogP contribution in [0.1, 0.15) is 32.6 Å². The number of amides is 1. The van der Waals surface area contributed by atoms with Gasteiger partial charge in [0.1, 0.15) is 6.04 Å². The summed E-state index contributed by atoms with van der Waals surface area (Å²) in [5.41, 5.74) is 4.94. The maximum Gasteiger partial charge on any atom is 0.321 e. The van der Waals surface area contributed by atoms with E-state index in [4.69, 9.17) is 10.8 Å². The highest BCUT2D eigenvalue weighted by atomic mass is 32.2. The van der Waals surface area contributed by atoms with E-state index in [0.29, 0.717) is 19.0 Å². The fourth-order valence-corrected chi connectivity index (χ4v) is 3.42. The normalized spacial score (nSPS) is 19.6. The van der Waals surface area contributed by atoms with E-state index < -0.39 is 28.1 Å². The van der Waals surface area contributed by atoms with Crippen LogP contribution in [0, 0.1) is 5.92 Å². The molecule has 0 saturated carbocycles. The second-order valence-corrected chi connectivity index (χ2v) is 6.80. The summed E-state index contributed by atoms with van der Waals surface area (Å²) in [6, 6.07) is -1.34. The van der Waals surface area contributed by atoms with E-state index >= 15 is 0 Å². The Kier molecular flexibility index (Phi) is 5.90. The summed E-state index contributed by atoms with van der Waals surface area (Å²) < 4.78 is 27.5. The predicted molar refractivity (Wildman–Crippen MR) is 71.9 cm³/mol. The summed E-state index contributed by atoms with van der Waals surface area (Å²) in [4.78, 5) is 21.7. The van der Waals surface area contributed by atoms with Crippen LogP contribution >= 0.6 is 0 Å². The Morgan fingerprint density at radius 2 is 1.95 bits per heavy atom. The molecule has 116 valence electrons. The standard InChI is InChI=1S/C11H21N3O5S/c1-8-4-6-14(7-5-8)20(18,19)13-9(11(16)17)2-3-10(12)15/h8-9,13H,2-7H2,1H3,(H2,12,15)(H,16,17). The van der Waals surface area contributed by atoms with Crippen LogP contribution in [0.4, 0.5) is 0 Å². The molecule has 4 N–H and O–H groups in total. The van der Waals surface area contributed by atoms with Crippen molar-refractivity contribution in [2.45, 2.75) is 38.6 Å². The zero-order valence-electron chi connectivity index (χ0n) is 11.4. The molecule has 1 aliphatic rings. The van der Waals surface area contributed by atoms with Gasteiger partial charge in [0, 0.05) is 19.5 Å². The second-order valence-electron chi connectivity index (χ2n) is 5.10. The third-order valence-corrected chi connectivity index (χ3v) is 4.98. The lowest BCUT2D eigenvalue weighted by Gasteiger charge is -2.30. The molecule has 1 heterocycles. The molecule has 0 aromatic carbocycles. The predicted octanol–water partition coefficient (Wildman–Crippen LogP) is -0.729. The number of carboxylic acids is 1. The van der Waals surface area contributed by atoms with Crippen LogP contribution in [0.25, 0.3) is 0 Å². The van der Waals surface area contributed by atoms with E-state index in [1.807, 2.05) is 6.92 Å². The molecule has 1 rings (SSSR count). The van der Waals surface area contributed by atoms with Crippen molar-refractivity contribution in [1.82, 2.24) is 9.03 Å². The van der Waals surface area contributed by atoms with E-state index in [1.54, 1.807) is 0 Å². The SMILES string of the molecule is CC1CCN(S(=O)(=O)NC(CCC(N)=O)C(=O)O)CC1. The first kappa shape index (κ1) is 16.9. The van der Waals surface area contributed by atoms with Gasteiger partial charge in [-0.25, -0.2) is 0 Å². The smallest absolute Gasteiger partial charge is 0.321 e. The monoisotopic (exact) mass is 307 g/mol. The zero-order valence-corrected chi connectivity index (χ0v) is 12.2. The molecule has 0 radical (unpaired) electrons. The van der Waals surface area contributed by atoms with Gasteiger partial charge in [-0.3, -0.25) is 9.59 Å². The lowest BCUT2D eigenvalue weighted by Crippen LogP contribution is -2.50. The molecule has 20 heavy (non-hydrogen) atoms. The third kappa shape index (κ3) is 5.06. The number of piperidine rings is 1. The number of aliphatic carboxylic acids is 1. The molecular formula is C11H21N3O5S. The first-order valence-corrected chi connectivity index (χ1v) is 7.95. The van der Waals surface area contributed by atoms with Crippen LogP contribution < -0.4 is 10.5 Å². The van der Waals surface area contributed by atoms with Crippen molar-refractivity contribution in [1.29, 1.82) is 0 Å². The van der Waals surface area contributed by atoms with Gasteiger partial charge in [0.15, 0.2) is 0 Å². The number of hydrogen-bond acceptors (Lipinski definition) is 4. The number of carbonyl (C=O) groups excluding carboxylic acids is 1. The molecular weight excluding hydrogens is 286 g/mol. The van der Waals surface area contributed by atoms with Crippen molar-refractivity contribution < 1.29 is 23.1 Å². The van der Waals surface area contributed by atoms with Crippen molar-refractivity contribution in [2.24, 2.45) is 11.7 Å². The first-order valence-electron chi connectivity index (χ1n) is 6.51. The van der Waals surface area contributed by atoms with Gasteiger partial charge in [0.05, 0.1) is 0 Å². The number of carboxylic acid groups (broad SMARTS) is 1. The number of nitrogens with one attached hydrogen (secondary N) is 1. The minimum atomic E-state index is -3.85.